The standard InChI is InChI=1S/C25H37N5O6/c1-7-36-23(31)21-20(15-29-8-10-30(11-9-29)25(33)26-16(2)3)28(4)24(32)27-22(21)17-12-18(34-5)14-19(13-17)35-6/h12-14,16,22H,7-11,15H2,1-6H3,(H,26,33)(H,27,32). The maximum Gasteiger partial charge on any atom is 0.338 e. The lowest BCUT2D eigenvalue weighted by molar-refractivity contribution is -0.139. The van der Waals surface area contributed by atoms with Crippen LogP contribution in [-0.4, -0.2) is 99.4 Å². The van der Waals surface area contributed by atoms with Crippen molar-refractivity contribution in [3.05, 3.63) is 35.0 Å². The number of hydrogen-bond donors (Lipinski definition) is 2. The third-order valence-electron chi connectivity index (χ3n) is 6.22. The predicted molar refractivity (Wildman–Crippen MR) is 134 cm³/mol. The Morgan fingerprint density at radius 3 is 2.22 bits per heavy atom. The maximum atomic E-state index is 13.2. The van der Waals surface area contributed by atoms with Crippen LogP contribution in [0.2, 0.25) is 0 Å². The van der Waals surface area contributed by atoms with Gasteiger partial charge in [-0.1, -0.05) is 0 Å². The first-order chi connectivity index (χ1) is 17.2. The van der Waals surface area contributed by atoms with Crippen molar-refractivity contribution < 1.29 is 28.6 Å². The molecular formula is C25H37N5O6. The molecule has 11 heteroatoms. The summed E-state index contributed by atoms with van der Waals surface area (Å²) in [6.07, 6.45) is 0. The predicted octanol–water partition coefficient (Wildman–Crippen LogP) is 1.95. The van der Waals surface area contributed by atoms with E-state index in [2.05, 4.69) is 15.5 Å². The lowest BCUT2D eigenvalue weighted by Crippen LogP contribution is -2.55. The normalized spacial score (nSPS) is 18.8. The van der Waals surface area contributed by atoms with Crippen molar-refractivity contribution in [2.75, 3.05) is 60.6 Å². The molecule has 0 saturated carbocycles. The van der Waals surface area contributed by atoms with Crippen molar-refractivity contribution >= 4 is 18.0 Å². The summed E-state index contributed by atoms with van der Waals surface area (Å²) in [5, 5.41) is 5.84. The molecule has 4 amide bonds. The highest BCUT2D eigenvalue weighted by Gasteiger charge is 2.38. The van der Waals surface area contributed by atoms with E-state index < -0.39 is 12.0 Å². The minimum atomic E-state index is -0.746. The lowest BCUT2D eigenvalue weighted by atomic mass is 9.93. The van der Waals surface area contributed by atoms with Gasteiger partial charge in [-0.05, 0) is 38.5 Å². The molecule has 0 aromatic heterocycles. The van der Waals surface area contributed by atoms with Crippen molar-refractivity contribution in [3.63, 3.8) is 0 Å². The highest BCUT2D eigenvalue weighted by atomic mass is 16.5. The van der Waals surface area contributed by atoms with Gasteiger partial charge in [0.05, 0.1) is 32.4 Å². The molecule has 1 saturated heterocycles. The second-order valence-electron chi connectivity index (χ2n) is 9.04. The number of hydrogen-bond acceptors (Lipinski definition) is 7. The summed E-state index contributed by atoms with van der Waals surface area (Å²) in [5.74, 6) is 0.581. The minimum Gasteiger partial charge on any atom is -0.497 e. The smallest absolute Gasteiger partial charge is 0.338 e. The number of nitrogens with one attached hydrogen (secondary N) is 2. The van der Waals surface area contributed by atoms with Gasteiger partial charge in [-0.2, -0.15) is 0 Å². The molecule has 198 valence electrons. The van der Waals surface area contributed by atoms with Crippen molar-refractivity contribution in [2.24, 2.45) is 0 Å². The molecular weight excluding hydrogens is 466 g/mol. The van der Waals surface area contributed by atoms with E-state index in [4.69, 9.17) is 14.2 Å². The Kier molecular flexibility index (Phi) is 9.03. The van der Waals surface area contributed by atoms with Crippen LogP contribution in [0.5, 0.6) is 11.5 Å². The summed E-state index contributed by atoms with van der Waals surface area (Å²) in [7, 11) is 4.72. The molecule has 0 bridgehead atoms. The molecule has 1 aromatic rings. The number of carbonyl (C=O) groups excluding carboxylic acids is 3. The molecule has 11 nitrogen and oxygen atoms in total. The van der Waals surface area contributed by atoms with Gasteiger partial charge in [-0.25, -0.2) is 14.4 Å². The molecule has 36 heavy (non-hydrogen) atoms. The number of urea groups is 2. The fraction of sp³-hybridized carbons (Fsp3) is 0.560. The van der Waals surface area contributed by atoms with Crippen molar-refractivity contribution in [1.29, 1.82) is 0 Å². The summed E-state index contributed by atoms with van der Waals surface area (Å²) in [6, 6.07) is 4.16. The molecule has 1 unspecified atom stereocenters. The number of ether oxygens (including phenoxy) is 3. The number of rotatable bonds is 8. The number of nitrogens with zero attached hydrogens (tertiary/aromatic N) is 3. The number of piperazine rings is 1. The maximum absolute atomic E-state index is 13.2. The Morgan fingerprint density at radius 1 is 1.08 bits per heavy atom. The molecule has 1 atom stereocenters. The van der Waals surface area contributed by atoms with Gasteiger partial charge in [0, 0.05) is 57.6 Å². The van der Waals surface area contributed by atoms with Gasteiger partial charge >= 0.3 is 18.0 Å². The molecule has 2 aliphatic heterocycles. The second kappa shape index (κ2) is 12.0. The first-order valence-corrected chi connectivity index (χ1v) is 12.1. The van der Waals surface area contributed by atoms with Gasteiger partial charge in [0.25, 0.3) is 0 Å². The van der Waals surface area contributed by atoms with E-state index in [1.165, 1.54) is 4.90 Å². The monoisotopic (exact) mass is 503 g/mol. The largest absolute Gasteiger partial charge is 0.497 e. The topological polar surface area (TPSA) is 113 Å². The van der Waals surface area contributed by atoms with Crippen molar-refractivity contribution in [3.8, 4) is 11.5 Å². The summed E-state index contributed by atoms with van der Waals surface area (Å²) in [5.41, 5.74) is 1.56. The molecule has 0 radical (unpaired) electrons. The average molecular weight is 504 g/mol. The van der Waals surface area contributed by atoms with Crippen LogP contribution in [0.4, 0.5) is 9.59 Å². The van der Waals surface area contributed by atoms with Crippen LogP contribution in [0.1, 0.15) is 32.4 Å². The zero-order valence-electron chi connectivity index (χ0n) is 21.9. The summed E-state index contributed by atoms with van der Waals surface area (Å²) in [4.78, 5) is 44.0. The first-order valence-electron chi connectivity index (χ1n) is 12.1. The van der Waals surface area contributed by atoms with Crippen LogP contribution in [0.25, 0.3) is 0 Å². The molecule has 2 heterocycles. The van der Waals surface area contributed by atoms with E-state index in [1.807, 2.05) is 13.8 Å². The SMILES string of the molecule is CCOC(=O)C1=C(CN2CCN(C(=O)NC(C)C)CC2)N(C)C(=O)NC1c1cc(OC)cc(OC)c1. The Balaban J connectivity index is 1.93. The van der Waals surface area contributed by atoms with E-state index in [1.54, 1.807) is 51.3 Å². The third-order valence-corrected chi connectivity index (χ3v) is 6.22. The Bertz CT molecular complexity index is 980. The highest BCUT2D eigenvalue weighted by Crippen LogP contribution is 2.35. The number of esters is 1. The van der Waals surface area contributed by atoms with Gasteiger partial charge in [0.1, 0.15) is 11.5 Å². The van der Waals surface area contributed by atoms with Crippen LogP contribution in [0, 0.1) is 0 Å². The van der Waals surface area contributed by atoms with E-state index in [0.717, 1.165) is 0 Å². The molecule has 0 spiro atoms. The number of methoxy groups -OCH3 is 2. The quantitative estimate of drug-likeness (QED) is 0.522. The molecule has 1 fully saturated rings. The van der Waals surface area contributed by atoms with Crippen molar-refractivity contribution in [1.82, 2.24) is 25.3 Å². The van der Waals surface area contributed by atoms with E-state index in [0.29, 0.717) is 61.1 Å². The molecule has 2 N–H and O–H groups in total. The van der Waals surface area contributed by atoms with Crippen LogP contribution < -0.4 is 20.1 Å². The number of amides is 4. The fourth-order valence-corrected chi connectivity index (χ4v) is 4.30. The average Bonchev–Trinajstić information content (AvgIpc) is 2.86. The highest BCUT2D eigenvalue weighted by molar-refractivity contribution is 5.95. The minimum absolute atomic E-state index is 0.0643. The van der Waals surface area contributed by atoms with Gasteiger partial charge in [-0.15, -0.1) is 0 Å². The Morgan fingerprint density at radius 2 is 1.69 bits per heavy atom. The molecule has 1 aromatic carbocycles. The van der Waals surface area contributed by atoms with Crippen LogP contribution in [0.3, 0.4) is 0 Å². The van der Waals surface area contributed by atoms with Crippen molar-refractivity contribution in [2.45, 2.75) is 32.9 Å². The van der Waals surface area contributed by atoms with E-state index in [-0.39, 0.29) is 24.7 Å². The number of likely N-dealkylation sites (N-methyl/N-ethyl adjacent to an activating group) is 1. The van der Waals surface area contributed by atoms with Crippen LogP contribution >= 0.6 is 0 Å². The van der Waals surface area contributed by atoms with Gasteiger partial charge in [0.2, 0.25) is 0 Å². The number of carbonyl (C=O) groups is 3. The van der Waals surface area contributed by atoms with Crippen LogP contribution in [0.15, 0.2) is 29.5 Å². The molecule has 2 aliphatic rings. The fourth-order valence-electron chi connectivity index (χ4n) is 4.30. The van der Waals surface area contributed by atoms with Gasteiger partial charge < -0.3 is 29.7 Å². The Hall–Kier alpha value is -3.47. The van der Waals surface area contributed by atoms with E-state index >= 15 is 0 Å². The zero-order valence-corrected chi connectivity index (χ0v) is 21.9. The zero-order chi connectivity index (χ0) is 26.4. The second-order valence-corrected chi connectivity index (χ2v) is 9.04. The van der Waals surface area contributed by atoms with Gasteiger partial charge in [-0.3, -0.25) is 9.80 Å². The van der Waals surface area contributed by atoms with E-state index in [9.17, 15) is 14.4 Å². The van der Waals surface area contributed by atoms with Crippen LogP contribution in [-0.2, 0) is 9.53 Å². The summed E-state index contributed by atoms with van der Waals surface area (Å²) >= 11 is 0. The lowest BCUT2D eigenvalue weighted by Gasteiger charge is -2.39. The molecule has 3 rings (SSSR count). The molecule has 0 aliphatic carbocycles. The Labute approximate surface area is 212 Å². The first kappa shape index (κ1) is 27.1. The van der Waals surface area contributed by atoms with Gasteiger partial charge in [0.15, 0.2) is 0 Å². The number of benzene rings is 1. The third kappa shape index (κ3) is 6.20. The summed E-state index contributed by atoms with van der Waals surface area (Å²) in [6.45, 7) is 8.47. The summed E-state index contributed by atoms with van der Waals surface area (Å²) < 4.78 is 16.2.